The molecule has 0 aromatic heterocycles. The minimum atomic E-state index is -0.688. The first-order chi connectivity index (χ1) is 10.4. The van der Waals surface area contributed by atoms with Crippen molar-refractivity contribution >= 4 is 29.2 Å². The number of benzene rings is 2. The molecule has 0 saturated heterocycles. The first kappa shape index (κ1) is 16.0. The third-order valence-electron chi connectivity index (χ3n) is 2.85. The van der Waals surface area contributed by atoms with Gasteiger partial charge < -0.3 is 10.1 Å². The van der Waals surface area contributed by atoms with Crippen LogP contribution in [0, 0.1) is 12.7 Å². The van der Waals surface area contributed by atoms with Gasteiger partial charge in [0.05, 0.1) is 10.6 Å². The Hall–Kier alpha value is -2.40. The number of halogens is 2. The molecule has 0 fully saturated rings. The molecule has 0 radical (unpaired) electrons. The molecule has 0 unspecified atom stereocenters. The molecule has 2 rings (SSSR count). The number of anilines is 1. The maximum atomic E-state index is 13.0. The minimum absolute atomic E-state index is 0.108. The predicted octanol–water partition coefficient (Wildman–Crippen LogP) is 3.97. The lowest BCUT2D eigenvalue weighted by atomic mass is 10.2. The van der Waals surface area contributed by atoms with E-state index in [0.29, 0.717) is 11.3 Å². The van der Waals surface area contributed by atoms with Crippen LogP contribution < -0.4 is 10.1 Å². The van der Waals surface area contributed by atoms with Crippen molar-refractivity contribution in [2.75, 3.05) is 5.32 Å². The number of ether oxygens (including phenoxy) is 1. The summed E-state index contributed by atoms with van der Waals surface area (Å²) >= 11 is 5.99. The zero-order chi connectivity index (χ0) is 16.3. The average molecular weight is 322 g/mol. The van der Waals surface area contributed by atoms with Crippen LogP contribution in [0.1, 0.15) is 22.8 Å². The van der Waals surface area contributed by atoms with Gasteiger partial charge >= 0.3 is 5.97 Å². The number of carbonyl (C=O) groups is 2. The molecular formula is C16H13ClFNO3. The fourth-order valence-electron chi connectivity index (χ4n) is 1.84. The van der Waals surface area contributed by atoms with Gasteiger partial charge in [0.1, 0.15) is 11.6 Å². The van der Waals surface area contributed by atoms with Crippen molar-refractivity contribution in [3.05, 3.63) is 58.4 Å². The molecule has 6 heteroatoms. The van der Waals surface area contributed by atoms with Crippen molar-refractivity contribution in [1.82, 2.24) is 0 Å². The normalized spacial score (nSPS) is 10.2. The highest BCUT2D eigenvalue weighted by Crippen LogP contribution is 2.24. The Morgan fingerprint density at radius 2 is 1.91 bits per heavy atom. The second-order valence-corrected chi connectivity index (χ2v) is 5.08. The van der Waals surface area contributed by atoms with Crippen molar-refractivity contribution < 1.29 is 18.7 Å². The molecular weight excluding hydrogens is 309 g/mol. The molecule has 0 aliphatic rings. The van der Waals surface area contributed by atoms with Crippen molar-refractivity contribution in [2.24, 2.45) is 0 Å². The van der Waals surface area contributed by atoms with Crippen LogP contribution in [0.2, 0.25) is 5.02 Å². The summed E-state index contributed by atoms with van der Waals surface area (Å²) in [5, 5.41) is 2.75. The van der Waals surface area contributed by atoms with Crippen molar-refractivity contribution in [1.29, 1.82) is 0 Å². The molecule has 0 heterocycles. The summed E-state index contributed by atoms with van der Waals surface area (Å²) in [6, 6.07) is 8.31. The molecule has 1 N–H and O–H groups in total. The van der Waals surface area contributed by atoms with E-state index in [2.05, 4.69) is 5.32 Å². The van der Waals surface area contributed by atoms with Gasteiger partial charge in [-0.25, -0.2) is 9.18 Å². The van der Waals surface area contributed by atoms with Gasteiger partial charge in [0.2, 0.25) is 5.91 Å². The Morgan fingerprint density at radius 1 is 1.18 bits per heavy atom. The summed E-state index contributed by atoms with van der Waals surface area (Å²) in [6.45, 7) is 2.98. The Kier molecular flexibility index (Phi) is 4.78. The van der Waals surface area contributed by atoms with E-state index < -0.39 is 11.8 Å². The molecule has 1 amide bonds. The van der Waals surface area contributed by atoms with Gasteiger partial charge in [0.15, 0.2) is 0 Å². The third-order valence-corrected chi connectivity index (χ3v) is 3.18. The Labute approximate surface area is 131 Å². The van der Waals surface area contributed by atoms with Crippen LogP contribution in [0.15, 0.2) is 36.4 Å². The van der Waals surface area contributed by atoms with Gasteiger partial charge in [-0.15, -0.1) is 0 Å². The van der Waals surface area contributed by atoms with E-state index in [1.54, 1.807) is 13.0 Å². The minimum Gasteiger partial charge on any atom is -0.423 e. The highest BCUT2D eigenvalue weighted by molar-refractivity contribution is 6.33. The third kappa shape index (κ3) is 3.83. The SMILES string of the molecule is CC(=O)Nc1ccc(Cl)c(C(=O)Oc2ccc(F)cc2C)c1. The van der Waals surface area contributed by atoms with Crippen molar-refractivity contribution in [2.45, 2.75) is 13.8 Å². The van der Waals surface area contributed by atoms with Crippen LogP contribution in [0.5, 0.6) is 5.75 Å². The lowest BCUT2D eigenvalue weighted by molar-refractivity contribution is -0.114. The molecule has 0 aliphatic heterocycles. The zero-order valence-electron chi connectivity index (χ0n) is 11.9. The van der Waals surface area contributed by atoms with E-state index in [9.17, 15) is 14.0 Å². The topological polar surface area (TPSA) is 55.4 Å². The smallest absolute Gasteiger partial charge is 0.345 e. The number of nitrogens with one attached hydrogen (secondary N) is 1. The molecule has 0 spiro atoms. The standard InChI is InChI=1S/C16H13ClFNO3/c1-9-7-11(18)3-6-15(9)22-16(21)13-8-12(19-10(2)20)4-5-14(13)17/h3-8H,1-2H3,(H,19,20). The number of esters is 1. The van der Waals surface area contributed by atoms with Crippen molar-refractivity contribution in [3.63, 3.8) is 0 Å². The summed E-state index contributed by atoms with van der Waals surface area (Å²) in [5.41, 5.74) is 1.03. The summed E-state index contributed by atoms with van der Waals surface area (Å²) < 4.78 is 18.3. The van der Waals surface area contributed by atoms with Gasteiger partial charge in [-0.05, 0) is 48.9 Å². The highest BCUT2D eigenvalue weighted by atomic mass is 35.5. The monoisotopic (exact) mass is 321 g/mol. The molecule has 0 saturated carbocycles. The Bertz CT molecular complexity index is 746. The summed E-state index contributed by atoms with van der Waals surface area (Å²) in [6.07, 6.45) is 0. The lowest BCUT2D eigenvalue weighted by Crippen LogP contribution is -2.12. The van der Waals surface area contributed by atoms with Crippen LogP contribution >= 0.6 is 11.6 Å². The fraction of sp³-hybridized carbons (Fsp3) is 0.125. The van der Waals surface area contributed by atoms with E-state index in [1.165, 1.54) is 37.3 Å². The number of amides is 1. The largest absolute Gasteiger partial charge is 0.423 e. The van der Waals surface area contributed by atoms with Crippen LogP contribution in [0.25, 0.3) is 0 Å². The van der Waals surface area contributed by atoms with Crippen LogP contribution in [0.4, 0.5) is 10.1 Å². The average Bonchev–Trinajstić information content (AvgIpc) is 2.43. The van der Waals surface area contributed by atoms with E-state index in [0.717, 1.165) is 0 Å². The Morgan fingerprint density at radius 3 is 2.55 bits per heavy atom. The number of rotatable bonds is 3. The zero-order valence-corrected chi connectivity index (χ0v) is 12.7. The van der Waals surface area contributed by atoms with E-state index in [1.807, 2.05) is 0 Å². The number of aryl methyl sites for hydroxylation is 1. The summed E-state index contributed by atoms with van der Waals surface area (Å²) in [5.74, 6) is -1.13. The van der Waals surface area contributed by atoms with Gasteiger partial charge in [-0.3, -0.25) is 4.79 Å². The number of hydrogen-bond donors (Lipinski definition) is 1. The Balaban J connectivity index is 2.26. The lowest BCUT2D eigenvalue weighted by Gasteiger charge is -2.10. The van der Waals surface area contributed by atoms with Gasteiger partial charge in [-0.1, -0.05) is 11.6 Å². The van der Waals surface area contributed by atoms with Crippen LogP contribution in [0.3, 0.4) is 0 Å². The van der Waals surface area contributed by atoms with E-state index in [-0.39, 0.29) is 22.2 Å². The summed E-state index contributed by atoms with van der Waals surface area (Å²) in [7, 11) is 0. The quantitative estimate of drug-likeness (QED) is 0.687. The van der Waals surface area contributed by atoms with Crippen LogP contribution in [-0.2, 0) is 4.79 Å². The maximum absolute atomic E-state index is 13.0. The molecule has 2 aromatic carbocycles. The van der Waals surface area contributed by atoms with Gasteiger partial charge in [0.25, 0.3) is 0 Å². The predicted molar refractivity (Wildman–Crippen MR) is 81.9 cm³/mol. The molecule has 4 nitrogen and oxygen atoms in total. The first-order valence-electron chi connectivity index (χ1n) is 6.42. The number of carbonyl (C=O) groups excluding carboxylic acids is 2. The van der Waals surface area contributed by atoms with E-state index in [4.69, 9.17) is 16.3 Å². The molecule has 0 bridgehead atoms. The molecule has 114 valence electrons. The molecule has 22 heavy (non-hydrogen) atoms. The van der Waals surface area contributed by atoms with E-state index >= 15 is 0 Å². The second kappa shape index (κ2) is 6.58. The first-order valence-corrected chi connectivity index (χ1v) is 6.80. The van der Waals surface area contributed by atoms with Gasteiger partial charge in [-0.2, -0.15) is 0 Å². The number of hydrogen-bond acceptors (Lipinski definition) is 3. The molecule has 0 atom stereocenters. The van der Waals surface area contributed by atoms with Crippen molar-refractivity contribution in [3.8, 4) is 5.75 Å². The fourth-order valence-corrected chi connectivity index (χ4v) is 2.04. The summed E-state index contributed by atoms with van der Waals surface area (Å²) in [4.78, 5) is 23.2. The second-order valence-electron chi connectivity index (χ2n) is 4.68. The van der Waals surface area contributed by atoms with Gasteiger partial charge in [0, 0.05) is 12.6 Å². The van der Waals surface area contributed by atoms with Crippen LogP contribution in [-0.4, -0.2) is 11.9 Å². The molecule has 0 aliphatic carbocycles. The maximum Gasteiger partial charge on any atom is 0.345 e. The molecule has 2 aromatic rings. The highest BCUT2D eigenvalue weighted by Gasteiger charge is 2.15.